The Morgan fingerprint density at radius 2 is 2.00 bits per heavy atom. The van der Waals surface area contributed by atoms with Gasteiger partial charge in [-0.2, -0.15) is 0 Å². The fraction of sp³-hybridized carbons (Fsp3) is 0.714. The number of hydrogen-bond donors (Lipinski definition) is 4. The lowest BCUT2D eigenvalue weighted by Crippen LogP contribution is -2.63. The lowest BCUT2D eigenvalue weighted by atomic mass is 9.46. The molecule has 0 spiro atoms. The highest BCUT2D eigenvalue weighted by molar-refractivity contribution is 6.01. The predicted octanol–water partition coefficient (Wildman–Crippen LogP) is 0.528. The fourth-order valence-electron chi connectivity index (χ4n) is 6.96. The number of allylic oxidation sites excluding steroid dienone is 4. The average molecular weight is 376 g/mol. The molecular weight excluding hydrogens is 348 g/mol. The van der Waals surface area contributed by atoms with Crippen molar-refractivity contribution in [2.75, 3.05) is 6.61 Å². The predicted molar refractivity (Wildman–Crippen MR) is 96.4 cm³/mol. The van der Waals surface area contributed by atoms with Crippen LogP contribution in [0.5, 0.6) is 0 Å². The molecule has 27 heavy (non-hydrogen) atoms. The van der Waals surface area contributed by atoms with Crippen molar-refractivity contribution in [3.8, 4) is 0 Å². The summed E-state index contributed by atoms with van der Waals surface area (Å²) in [6.07, 6.45) is 4.97. The van der Waals surface area contributed by atoms with Crippen molar-refractivity contribution in [2.24, 2.45) is 28.6 Å². The van der Waals surface area contributed by atoms with Gasteiger partial charge in [-0.15, -0.1) is 0 Å². The number of ketones is 2. The number of hydrogen-bond acceptors (Lipinski definition) is 6. The molecule has 0 aromatic heterocycles. The van der Waals surface area contributed by atoms with Crippen LogP contribution in [0, 0.1) is 28.6 Å². The maximum absolute atomic E-state index is 12.4. The topological polar surface area (TPSA) is 115 Å². The lowest BCUT2D eigenvalue weighted by Gasteiger charge is -2.59. The van der Waals surface area contributed by atoms with Gasteiger partial charge in [-0.3, -0.25) is 9.59 Å². The molecule has 0 heterocycles. The number of rotatable bonds is 2. The Morgan fingerprint density at radius 3 is 2.67 bits per heavy atom. The zero-order chi connectivity index (χ0) is 19.8. The molecule has 8 atom stereocenters. The third kappa shape index (κ3) is 2.21. The van der Waals surface area contributed by atoms with Crippen LogP contribution in [0.1, 0.15) is 39.5 Å². The van der Waals surface area contributed by atoms with E-state index >= 15 is 0 Å². The molecule has 4 rings (SSSR count). The number of fused-ring (bicyclic) bond motifs is 5. The maximum atomic E-state index is 12.4. The monoisotopic (exact) mass is 376 g/mol. The summed E-state index contributed by atoms with van der Waals surface area (Å²) in [5.74, 6) is -1.09. The van der Waals surface area contributed by atoms with Gasteiger partial charge in [0.1, 0.15) is 6.61 Å². The minimum absolute atomic E-state index is 0.00826. The SMILES string of the molecule is C[C@]12C=CC(=O)C=C1CCC1C2[C@@H](O)C[C@@]2(C)[C@H]1C[C@@H](O)[C@]2(O)C(=O)CO. The van der Waals surface area contributed by atoms with E-state index in [4.69, 9.17) is 0 Å². The molecule has 6 heteroatoms. The zero-order valence-corrected chi connectivity index (χ0v) is 15.8. The molecule has 3 saturated carbocycles. The summed E-state index contributed by atoms with van der Waals surface area (Å²) in [5.41, 5.74) is -2.46. The molecule has 3 fully saturated rings. The zero-order valence-electron chi connectivity index (χ0n) is 15.8. The fourth-order valence-corrected chi connectivity index (χ4v) is 6.96. The molecule has 4 aliphatic rings. The number of Topliss-reactive ketones (excluding diaryl/α,β-unsaturated/α-hetero) is 1. The molecule has 2 unspecified atom stereocenters. The molecule has 6 nitrogen and oxygen atoms in total. The molecular formula is C21H28O6. The van der Waals surface area contributed by atoms with E-state index in [1.807, 2.05) is 13.0 Å². The number of aliphatic hydroxyl groups excluding tert-OH is 3. The van der Waals surface area contributed by atoms with Crippen molar-refractivity contribution in [1.82, 2.24) is 0 Å². The molecule has 0 saturated heterocycles. The summed E-state index contributed by atoms with van der Waals surface area (Å²) in [6.45, 7) is 2.96. The van der Waals surface area contributed by atoms with Crippen LogP contribution >= 0.6 is 0 Å². The minimum Gasteiger partial charge on any atom is -0.393 e. The quantitative estimate of drug-likeness (QED) is 0.559. The van der Waals surface area contributed by atoms with E-state index < -0.39 is 41.0 Å². The second-order valence-corrected chi connectivity index (χ2v) is 9.31. The van der Waals surface area contributed by atoms with E-state index in [1.165, 1.54) is 0 Å². The average Bonchev–Trinajstić information content (AvgIpc) is 2.82. The van der Waals surface area contributed by atoms with E-state index in [2.05, 4.69) is 0 Å². The Hall–Kier alpha value is -1.34. The van der Waals surface area contributed by atoms with E-state index in [0.29, 0.717) is 0 Å². The smallest absolute Gasteiger partial charge is 0.192 e. The summed E-state index contributed by atoms with van der Waals surface area (Å²) < 4.78 is 0. The standard InChI is InChI=1S/C21H28O6/c1-19-6-5-12(23)7-11(19)3-4-13-14-8-16(25)21(27,17(26)10-22)20(14,2)9-15(24)18(13)19/h5-7,13-16,18,22,24-25,27H,3-4,8-10H2,1-2H3/t13?,14-,15-,16+,18?,19-,20-,21-/m0/s1. The molecule has 148 valence electrons. The first kappa shape index (κ1) is 19.0. The van der Waals surface area contributed by atoms with Crippen molar-refractivity contribution < 1.29 is 30.0 Å². The van der Waals surface area contributed by atoms with Crippen LogP contribution in [-0.4, -0.2) is 56.4 Å². The number of aliphatic hydroxyl groups is 4. The summed E-state index contributed by atoms with van der Waals surface area (Å²) in [4.78, 5) is 24.2. The first-order valence-corrected chi connectivity index (χ1v) is 9.76. The third-order valence-corrected chi connectivity index (χ3v) is 8.28. The second kappa shape index (κ2) is 5.83. The summed E-state index contributed by atoms with van der Waals surface area (Å²) in [5, 5.41) is 42.3. The Balaban J connectivity index is 1.78. The Labute approximate surface area is 158 Å². The van der Waals surface area contributed by atoms with Crippen LogP contribution in [-0.2, 0) is 9.59 Å². The lowest BCUT2D eigenvalue weighted by molar-refractivity contribution is -0.190. The summed E-state index contributed by atoms with van der Waals surface area (Å²) in [7, 11) is 0. The molecule has 0 bridgehead atoms. The third-order valence-electron chi connectivity index (χ3n) is 8.28. The summed E-state index contributed by atoms with van der Waals surface area (Å²) in [6, 6.07) is 0. The van der Waals surface area contributed by atoms with Crippen LogP contribution in [0.4, 0.5) is 0 Å². The maximum Gasteiger partial charge on any atom is 0.192 e. The number of carbonyl (C=O) groups excluding carboxylic acids is 2. The molecule has 0 aromatic carbocycles. The Morgan fingerprint density at radius 1 is 1.30 bits per heavy atom. The minimum atomic E-state index is -2.05. The van der Waals surface area contributed by atoms with Gasteiger partial charge in [-0.05, 0) is 49.7 Å². The van der Waals surface area contributed by atoms with Gasteiger partial charge in [-0.25, -0.2) is 0 Å². The van der Waals surface area contributed by atoms with Gasteiger partial charge in [0.25, 0.3) is 0 Å². The molecule has 4 aliphatic carbocycles. The highest BCUT2D eigenvalue weighted by Crippen LogP contribution is 2.67. The molecule has 0 radical (unpaired) electrons. The van der Waals surface area contributed by atoms with Crippen LogP contribution in [0.2, 0.25) is 0 Å². The van der Waals surface area contributed by atoms with Gasteiger partial charge in [0.15, 0.2) is 17.2 Å². The van der Waals surface area contributed by atoms with Crippen LogP contribution in [0.3, 0.4) is 0 Å². The normalized spacial score (nSPS) is 51.3. The van der Waals surface area contributed by atoms with Gasteiger partial charge in [0, 0.05) is 16.7 Å². The highest BCUT2D eigenvalue weighted by atomic mass is 16.4. The Bertz CT molecular complexity index is 756. The largest absolute Gasteiger partial charge is 0.393 e. The molecule has 4 N–H and O–H groups in total. The van der Waals surface area contributed by atoms with Crippen molar-refractivity contribution in [2.45, 2.75) is 57.3 Å². The van der Waals surface area contributed by atoms with Crippen molar-refractivity contribution >= 4 is 11.6 Å². The van der Waals surface area contributed by atoms with Gasteiger partial charge in [-0.1, -0.05) is 25.5 Å². The van der Waals surface area contributed by atoms with E-state index in [-0.39, 0.29) is 36.4 Å². The molecule has 0 amide bonds. The number of carbonyl (C=O) groups is 2. The first-order chi connectivity index (χ1) is 12.6. The van der Waals surface area contributed by atoms with Gasteiger partial charge in [0.2, 0.25) is 0 Å². The van der Waals surface area contributed by atoms with Crippen LogP contribution in [0.25, 0.3) is 0 Å². The van der Waals surface area contributed by atoms with E-state index in [1.54, 1.807) is 19.1 Å². The Kier molecular flexibility index (Phi) is 4.10. The highest BCUT2D eigenvalue weighted by Gasteiger charge is 2.71. The van der Waals surface area contributed by atoms with Gasteiger partial charge >= 0.3 is 0 Å². The van der Waals surface area contributed by atoms with Gasteiger partial charge < -0.3 is 20.4 Å². The molecule has 0 aromatic rings. The first-order valence-electron chi connectivity index (χ1n) is 9.76. The van der Waals surface area contributed by atoms with Gasteiger partial charge in [0.05, 0.1) is 12.2 Å². The van der Waals surface area contributed by atoms with Crippen molar-refractivity contribution in [3.63, 3.8) is 0 Å². The second-order valence-electron chi connectivity index (χ2n) is 9.31. The van der Waals surface area contributed by atoms with Crippen molar-refractivity contribution in [3.05, 3.63) is 23.8 Å². The summed E-state index contributed by atoms with van der Waals surface area (Å²) >= 11 is 0. The van der Waals surface area contributed by atoms with E-state index in [0.717, 1.165) is 18.4 Å². The molecule has 0 aliphatic heterocycles. The van der Waals surface area contributed by atoms with Crippen molar-refractivity contribution in [1.29, 1.82) is 0 Å². The van der Waals surface area contributed by atoms with Crippen LogP contribution in [0.15, 0.2) is 23.8 Å². The van der Waals surface area contributed by atoms with Crippen LogP contribution < -0.4 is 0 Å². The van der Waals surface area contributed by atoms with E-state index in [9.17, 15) is 30.0 Å².